The van der Waals surface area contributed by atoms with Gasteiger partial charge in [0.05, 0.1) is 11.6 Å². The average Bonchev–Trinajstić information content (AvgIpc) is 3.13. The fourth-order valence-electron chi connectivity index (χ4n) is 3.27. The van der Waals surface area contributed by atoms with Gasteiger partial charge in [-0.15, -0.1) is 0 Å². The second kappa shape index (κ2) is 7.11. The van der Waals surface area contributed by atoms with Crippen LogP contribution in [0.3, 0.4) is 0 Å². The van der Waals surface area contributed by atoms with E-state index in [0.717, 1.165) is 38.2 Å². The molecule has 0 saturated carbocycles. The van der Waals surface area contributed by atoms with Gasteiger partial charge in [-0.1, -0.05) is 23.4 Å². The van der Waals surface area contributed by atoms with Crippen molar-refractivity contribution in [2.24, 2.45) is 0 Å². The number of likely N-dealkylation sites (tertiary alicyclic amines) is 1. The van der Waals surface area contributed by atoms with E-state index in [1.165, 1.54) is 12.1 Å². The van der Waals surface area contributed by atoms with Crippen LogP contribution in [-0.4, -0.2) is 33.1 Å². The monoisotopic (exact) mass is 338 g/mol. The lowest BCUT2D eigenvalue weighted by molar-refractivity contribution is 0.178. The second-order valence-electron chi connectivity index (χ2n) is 6.36. The van der Waals surface area contributed by atoms with Gasteiger partial charge >= 0.3 is 0 Å². The average molecular weight is 338 g/mol. The lowest BCUT2D eigenvalue weighted by Gasteiger charge is -2.30. The highest BCUT2D eigenvalue weighted by molar-refractivity contribution is 5.53. The Labute approximate surface area is 145 Å². The number of pyridine rings is 1. The zero-order valence-corrected chi connectivity index (χ0v) is 13.8. The minimum Gasteiger partial charge on any atom is -0.339 e. The summed E-state index contributed by atoms with van der Waals surface area (Å²) in [5.41, 5.74) is 1.70. The van der Waals surface area contributed by atoms with Crippen LogP contribution >= 0.6 is 0 Å². The molecule has 1 aromatic carbocycles. The molecule has 1 atom stereocenters. The number of nitrogens with zero attached hydrogens (tertiary/aromatic N) is 4. The van der Waals surface area contributed by atoms with Crippen LogP contribution in [0.2, 0.25) is 0 Å². The molecule has 0 amide bonds. The summed E-state index contributed by atoms with van der Waals surface area (Å²) < 4.78 is 18.8. The van der Waals surface area contributed by atoms with Gasteiger partial charge in [-0.3, -0.25) is 9.88 Å². The number of hydrogen-bond donors (Lipinski definition) is 0. The van der Waals surface area contributed by atoms with Crippen molar-refractivity contribution in [2.75, 3.05) is 13.1 Å². The standard InChI is InChI=1S/C19H19FN4O/c20-16-7-3-5-14(11-16)18-22-19(25-23-18)15-6-4-10-24(12-15)13-17-8-1-2-9-21-17/h1-3,5,7-9,11,15H,4,6,10,12-13H2. The van der Waals surface area contributed by atoms with E-state index >= 15 is 0 Å². The third kappa shape index (κ3) is 3.74. The Hall–Kier alpha value is -2.60. The summed E-state index contributed by atoms with van der Waals surface area (Å²) in [4.78, 5) is 11.3. The first kappa shape index (κ1) is 15.9. The molecule has 1 aliphatic heterocycles. The number of hydrogen-bond acceptors (Lipinski definition) is 5. The Kier molecular flexibility index (Phi) is 4.52. The molecule has 3 heterocycles. The van der Waals surface area contributed by atoms with Gasteiger partial charge < -0.3 is 4.52 Å². The molecule has 6 heteroatoms. The zero-order valence-electron chi connectivity index (χ0n) is 13.8. The van der Waals surface area contributed by atoms with Gasteiger partial charge in [0.15, 0.2) is 0 Å². The summed E-state index contributed by atoms with van der Waals surface area (Å²) in [6, 6.07) is 12.2. The van der Waals surface area contributed by atoms with Crippen LogP contribution in [0.1, 0.15) is 30.3 Å². The van der Waals surface area contributed by atoms with Crippen molar-refractivity contribution < 1.29 is 8.91 Å². The van der Waals surface area contributed by atoms with E-state index < -0.39 is 0 Å². The maximum atomic E-state index is 13.4. The summed E-state index contributed by atoms with van der Waals surface area (Å²) in [6.07, 6.45) is 3.92. The third-order valence-corrected chi connectivity index (χ3v) is 4.49. The van der Waals surface area contributed by atoms with E-state index in [9.17, 15) is 4.39 Å². The molecule has 0 spiro atoms. The maximum absolute atomic E-state index is 13.4. The molecule has 5 nitrogen and oxygen atoms in total. The minimum atomic E-state index is -0.303. The number of halogens is 1. The van der Waals surface area contributed by atoms with Crippen LogP contribution in [0.4, 0.5) is 4.39 Å². The summed E-state index contributed by atoms with van der Waals surface area (Å²) in [6.45, 7) is 2.72. The molecular weight excluding hydrogens is 319 g/mol. The van der Waals surface area contributed by atoms with E-state index in [1.54, 1.807) is 12.1 Å². The lowest BCUT2D eigenvalue weighted by atomic mass is 9.98. The van der Waals surface area contributed by atoms with Crippen LogP contribution in [0.25, 0.3) is 11.4 Å². The first-order valence-corrected chi connectivity index (χ1v) is 8.50. The van der Waals surface area contributed by atoms with Crippen molar-refractivity contribution in [3.05, 3.63) is 66.1 Å². The topological polar surface area (TPSA) is 55.1 Å². The Balaban J connectivity index is 1.46. The highest BCUT2D eigenvalue weighted by Crippen LogP contribution is 2.28. The molecule has 1 unspecified atom stereocenters. The Morgan fingerprint density at radius 1 is 1.20 bits per heavy atom. The zero-order chi connectivity index (χ0) is 17.1. The van der Waals surface area contributed by atoms with Crippen LogP contribution in [-0.2, 0) is 6.54 Å². The third-order valence-electron chi connectivity index (χ3n) is 4.49. The van der Waals surface area contributed by atoms with Gasteiger partial charge in [-0.2, -0.15) is 4.98 Å². The molecule has 1 saturated heterocycles. The van der Waals surface area contributed by atoms with Crippen molar-refractivity contribution >= 4 is 0 Å². The smallest absolute Gasteiger partial charge is 0.231 e. The minimum absolute atomic E-state index is 0.201. The molecule has 25 heavy (non-hydrogen) atoms. The first-order valence-electron chi connectivity index (χ1n) is 8.50. The van der Waals surface area contributed by atoms with E-state index in [1.807, 2.05) is 24.4 Å². The number of benzene rings is 1. The normalized spacial score (nSPS) is 18.4. The molecule has 3 aromatic rings. The van der Waals surface area contributed by atoms with Crippen molar-refractivity contribution in [3.8, 4) is 11.4 Å². The number of rotatable bonds is 4. The van der Waals surface area contributed by atoms with Crippen molar-refractivity contribution in [1.82, 2.24) is 20.0 Å². The largest absolute Gasteiger partial charge is 0.339 e. The first-order chi connectivity index (χ1) is 12.3. The molecule has 0 aliphatic carbocycles. The molecule has 0 radical (unpaired) electrons. The summed E-state index contributed by atoms with van der Waals surface area (Å²) in [5.74, 6) is 0.969. The van der Waals surface area contributed by atoms with E-state index in [-0.39, 0.29) is 11.7 Å². The Morgan fingerprint density at radius 3 is 3.00 bits per heavy atom. The quantitative estimate of drug-likeness (QED) is 0.727. The highest BCUT2D eigenvalue weighted by Gasteiger charge is 2.26. The van der Waals surface area contributed by atoms with Gasteiger partial charge in [0, 0.05) is 24.8 Å². The van der Waals surface area contributed by atoms with Gasteiger partial charge in [0.25, 0.3) is 0 Å². The SMILES string of the molecule is Fc1cccc(-c2noc(C3CCCN(Cc4ccccn4)C3)n2)c1. The van der Waals surface area contributed by atoms with E-state index in [2.05, 4.69) is 20.0 Å². The molecule has 1 aliphatic rings. The van der Waals surface area contributed by atoms with Crippen LogP contribution in [0, 0.1) is 5.82 Å². The summed E-state index contributed by atoms with van der Waals surface area (Å²) in [7, 11) is 0. The Bertz CT molecular complexity index is 836. The highest BCUT2D eigenvalue weighted by atomic mass is 19.1. The van der Waals surface area contributed by atoms with Crippen LogP contribution < -0.4 is 0 Å². The molecule has 2 aromatic heterocycles. The predicted octanol–water partition coefficient (Wildman–Crippen LogP) is 3.65. The fraction of sp³-hybridized carbons (Fsp3) is 0.316. The molecular formula is C19H19FN4O. The number of aromatic nitrogens is 3. The van der Waals surface area contributed by atoms with Crippen LogP contribution in [0.15, 0.2) is 53.2 Å². The van der Waals surface area contributed by atoms with E-state index in [0.29, 0.717) is 17.3 Å². The van der Waals surface area contributed by atoms with Gasteiger partial charge in [0.2, 0.25) is 11.7 Å². The van der Waals surface area contributed by atoms with Crippen LogP contribution in [0.5, 0.6) is 0 Å². The van der Waals surface area contributed by atoms with Crippen molar-refractivity contribution in [3.63, 3.8) is 0 Å². The molecule has 0 N–H and O–H groups in total. The lowest BCUT2D eigenvalue weighted by Crippen LogP contribution is -2.34. The molecule has 0 bridgehead atoms. The molecule has 4 rings (SSSR count). The number of piperidine rings is 1. The summed E-state index contributed by atoms with van der Waals surface area (Å²) in [5, 5.41) is 4.03. The van der Waals surface area contributed by atoms with E-state index in [4.69, 9.17) is 4.52 Å². The van der Waals surface area contributed by atoms with Gasteiger partial charge in [-0.05, 0) is 43.7 Å². The van der Waals surface area contributed by atoms with Gasteiger partial charge in [0.1, 0.15) is 5.82 Å². The summed E-state index contributed by atoms with van der Waals surface area (Å²) >= 11 is 0. The van der Waals surface area contributed by atoms with Gasteiger partial charge in [-0.25, -0.2) is 4.39 Å². The molecule has 1 fully saturated rings. The van der Waals surface area contributed by atoms with Crippen molar-refractivity contribution in [2.45, 2.75) is 25.3 Å². The van der Waals surface area contributed by atoms with Crippen molar-refractivity contribution in [1.29, 1.82) is 0 Å². The Morgan fingerprint density at radius 2 is 2.16 bits per heavy atom. The fourth-order valence-corrected chi connectivity index (χ4v) is 3.27. The second-order valence-corrected chi connectivity index (χ2v) is 6.36. The maximum Gasteiger partial charge on any atom is 0.231 e. The molecule has 128 valence electrons. The predicted molar refractivity (Wildman–Crippen MR) is 91.2 cm³/mol.